The summed E-state index contributed by atoms with van der Waals surface area (Å²) in [6, 6.07) is 28.6. The zero-order valence-corrected chi connectivity index (χ0v) is 43.9. The van der Waals surface area contributed by atoms with E-state index >= 15 is 0 Å². The Bertz CT molecular complexity index is 2520. The standard InChI is InChI=1S/C29H35NO5.C20H25NO4.C9H11BrO/c1-20-8-9-21(16-25(20)34-3)18-28(27(31)32)12-14-29(19-30,15-13-28)22-10-11-24(33-2)26(17-22)35-23-6-4-5-7-23;1-24-17-7-6-15(12-18(17)25-16-4-2-3-5-16)20(13-21)10-8-14(9-11-20)19(22)23;1-7-3-4-8(6-10)5-9(7)11-2/h8-11,16-17,23H,4-7,12-15,18H2,1-3H3,(H,31,32);6-7,12,14,16H,2-5,8-11H2,1H3,(H,22,23);3-5H,6H2,1-2H3. The van der Waals surface area contributed by atoms with Gasteiger partial charge in [0.1, 0.15) is 11.5 Å². The minimum atomic E-state index is -0.906. The fourth-order valence-corrected chi connectivity index (χ4v) is 11.1. The van der Waals surface area contributed by atoms with Gasteiger partial charge in [0.2, 0.25) is 0 Å². The average molecular weight is 1040 g/mol. The molecule has 4 aromatic carbocycles. The van der Waals surface area contributed by atoms with Crippen LogP contribution in [0.3, 0.4) is 0 Å². The number of nitriles is 2. The van der Waals surface area contributed by atoms with Crippen molar-refractivity contribution in [3.05, 3.63) is 106 Å². The molecule has 4 saturated carbocycles. The molecular formula is C58H71BrN2O10. The van der Waals surface area contributed by atoms with Gasteiger partial charge in [0.25, 0.3) is 0 Å². The van der Waals surface area contributed by atoms with E-state index < -0.39 is 28.2 Å². The van der Waals surface area contributed by atoms with Crippen LogP contribution in [0.15, 0.2) is 72.8 Å². The number of hydrogen-bond acceptors (Lipinski definition) is 10. The highest BCUT2D eigenvalue weighted by atomic mass is 79.9. The highest BCUT2D eigenvalue weighted by molar-refractivity contribution is 9.08. The first kappa shape index (κ1) is 54.4. The molecular weight excluding hydrogens is 965 g/mol. The van der Waals surface area contributed by atoms with Crippen molar-refractivity contribution in [3.63, 3.8) is 0 Å². The first-order valence-electron chi connectivity index (χ1n) is 25.0. The van der Waals surface area contributed by atoms with Gasteiger partial charge in [-0.1, -0.05) is 52.3 Å². The number of carbonyl (C=O) groups is 2. The van der Waals surface area contributed by atoms with Crippen molar-refractivity contribution in [2.24, 2.45) is 11.3 Å². The van der Waals surface area contributed by atoms with Crippen molar-refractivity contribution in [2.75, 3.05) is 28.4 Å². The summed E-state index contributed by atoms with van der Waals surface area (Å²) < 4.78 is 34.0. The van der Waals surface area contributed by atoms with E-state index in [1.807, 2.05) is 74.5 Å². The number of nitrogens with zero attached hydrogens (tertiary/aromatic N) is 2. The first-order chi connectivity index (χ1) is 34.2. The maximum atomic E-state index is 12.5. The molecule has 0 bridgehead atoms. The van der Waals surface area contributed by atoms with Gasteiger partial charge in [-0.3, -0.25) is 9.59 Å². The van der Waals surface area contributed by atoms with E-state index in [1.54, 1.807) is 28.4 Å². The summed E-state index contributed by atoms with van der Waals surface area (Å²) in [5.74, 6) is 2.54. The molecule has 71 heavy (non-hydrogen) atoms. The molecule has 4 aliphatic carbocycles. The van der Waals surface area contributed by atoms with Crippen molar-refractivity contribution < 1.29 is 48.2 Å². The van der Waals surface area contributed by atoms with E-state index in [-0.39, 0.29) is 18.1 Å². The Morgan fingerprint density at radius 1 is 0.563 bits per heavy atom. The molecule has 4 fully saturated rings. The lowest BCUT2D eigenvalue weighted by molar-refractivity contribution is -0.151. The molecule has 0 aliphatic heterocycles. The normalized spacial score (nSPS) is 23.0. The number of hydrogen-bond donors (Lipinski definition) is 2. The largest absolute Gasteiger partial charge is 0.496 e. The Morgan fingerprint density at radius 2 is 0.986 bits per heavy atom. The summed E-state index contributed by atoms with van der Waals surface area (Å²) in [6.45, 7) is 4.01. The number of carboxylic acids is 2. The number of ether oxygens (including phenoxy) is 6. The number of carboxylic acid groups (broad SMARTS) is 2. The topological polar surface area (TPSA) is 178 Å². The van der Waals surface area contributed by atoms with Crippen LogP contribution in [0, 0.1) is 47.8 Å². The SMILES string of the molecule is COc1cc(CBr)ccc1C.COc1cc(CC2(C(=O)O)CCC(C#N)(c3ccc(OC)c(OC4CCCC4)c3)CC2)ccc1C.COc1ccc(C2(C#N)CCC(C(=O)O)CC2)cc1OC1CCCC1. The van der Waals surface area contributed by atoms with E-state index in [2.05, 4.69) is 40.2 Å². The molecule has 0 radical (unpaired) electrons. The highest BCUT2D eigenvalue weighted by Crippen LogP contribution is 2.50. The summed E-state index contributed by atoms with van der Waals surface area (Å²) in [4.78, 5) is 23.7. The Kier molecular flexibility index (Phi) is 19.1. The highest BCUT2D eigenvalue weighted by Gasteiger charge is 2.49. The van der Waals surface area contributed by atoms with Crippen molar-refractivity contribution >= 4 is 27.9 Å². The minimum Gasteiger partial charge on any atom is -0.496 e. The number of aliphatic carboxylic acids is 2. The van der Waals surface area contributed by atoms with Crippen molar-refractivity contribution in [1.29, 1.82) is 10.5 Å². The molecule has 0 spiro atoms. The van der Waals surface area contributed by atoms with Crippen LogP contribution in [-0.2, 0) is 32.2 Å². The Labute approximate surface area is 428 Å². The van der Waals surface area contributed by atoms with Gasteiger partial charge in [-0.25, -0.2) is 0 Å². The summed E-state index contributed by atoms with van der Waals surface area (Å²) in [5, 5.41) is 40.5. The second-order valence-electron chi connectivity index (χ2n) is 19.8. The third kappa shape index (κ3) is 13.1. The molecule has 0 atom stereocenters. The molecule has 12 nitrogen and oxygen atoms in total. The van der Waals surface area contributed by atoms with Gasteiger partial charge in [-0.15, -0.1) is 0 Å². The Morgan fingerprint density at radius 3 is 1.38 bits per heavy atom. The van der Waals surface area contributed by atoms with Gasteiger partial charge in [0.15, 0.2) is 23.0 Å². The maximum Gasteiger partial charge on any atom is 0.309 e. The third-order valence-electron chi connectivity index (χ3n) is 15.4. The molecule has 380 valence electrons. The number of rotatable bonds is 15. The number of methoxy groups -OCH3 is 4. The van der Waals surface area contributed by atoms with Gasteiger partial charge in [-0.05, 0) is 193 Å². The van der Waals surface area contributed by atoms with Crippen LogP contribution in [-0.4, -0.2) is 62.8 Å². The fourth-order valence-electron chi connectivity index (χ4n) is 10.7. The van der Waals surface area contributed by atoms with Crippen LogP contribution in [0.4, 0.5) is 0 Å². The summed E-state index contributed by atoms with van der Waals surface area (Å²) in [5.41, 5.74) is 3.88. The lowest BCUT2D eigenvalue weighted by Gasteiger charge is -2.41. The zero-order valence-electron chi connectivity index (χ0n) is 42.3. The van der Waals surface area contributed by atoms with Crippen molar-refractivity contribution in [1.82, 2.24) is 0 Å². The van der Waals surface area contributed by atoms with Gasteiger partial charge < -0.3 is 38.6 Å². The third-order valence-corrected chi connectivity index (χ3v) is 16.0. The Balaban J connectivity index is 0.000000198. The first-order valence-corrected chi connectivity index (χ1v) is 26.1. The smallest absolute Gasteiger partial charge is 0.309 e. The van der Waals surface area contributed by atoms with E-state index in [9.17, 15) is 30.3 Å². The van der Waals surface area contributed by atoms with Crippen LogP contribution < -0.4 is 28.4 Å². The molecule has 0 aromatic heterocycles. The fraction of sp³-hybridized carbons (Fsp3) is 0.517. The number of halogens is 1. The maximum absolute atomic E-state index is 12.5. The monoisotopic (exact) mass is 1030 g/mol. The van der Waals surface area contributed by atoms with Crippen LogP contribution in [0.2, 0.25) is 0 Å². The molecule has 4 aromatic rings. The summed E-state index contributed by atoms with van der Waals surface area (Å²) >= 11 is 3.39. The predicted molar refractivity (Wildman–Crippen MR) is 276 cm³/mol. The molecule has 4 aliphatic rings. The molecule has 0 saturated heterocycles. The van der Waals surface area contributed by atoms with Crippen molar-refractivity contribution in [3.8, 4) is 46.6 Å². The quantitative estimate of drug-likeness (QED) is 0.108. The molecule has 0 unspecified atom stereocenters. The molecule has 0 amide bonds. The number of benzene rings is 4. The second-order valence-corrected chi connectivity index (χ2v) is 20.3. The summed E-state index contributed by atoms with van der Waals surface area (Å²) in [7, 11) is 6.56. The molecule has 8 rings (SSSR count). The van der Waals surface area contributed by atoms with Gasteiger partial charge in [0.05, 0.1) is 74.9 Å². The lowest BCUT2D eigenvalue weighted by atomic mass is 9.60. The minimum absolute atomic E-state index is 0.176. The van der Waals surface area contributed by atoms with Gasteiger partial charge in [0, 0.05) is 5.33 Å². The van der Waals surface area contributed by atoms with E-state index in [0.717, 1.165) is 64.8 Å². The lowest BCUT2D eigenvalue weighted by Crippen LogP contribution is -2.42. The zero-order chi connectivity index (χ0) is 51.2. The van der Waals surface area contributed by atoms with Gasteiger partial charge >= 0.3 is 11.9 Å². The van der Waals surface area contributed by atoms with E-state index in [4.69, 9.17) is 28.4 Å². The summed E-state index contributed by atoms with van der Waals surface area (Å²) in [6.07, 6.45) is 13.7. The second kappa shape index (κ2) is 25.0. The van der Waals surface area contributed by atoms with E-state index in [0.29, 0.717) is 80.8 Å². The van der Waals surface area contributed by atoms with E-state index in [1.165, 1.54) is 36.8 Å². The average Bonchev–Trinajstić information content (AvgIpc) is 4.13. The van der Waals surface area contributed by atoms with Gasteiger partial charge in [-0.2, -0.15) is 10.5 Å². The van der Waals surface area contributed by atoms with Crippen molar-refractivity contribution in [2.45, 2.75) is 151 Å². The van der Waals surface area contributed by atoms with Crippen LogP contribution in [0.25, 0.3) is 0 Å². The predicted octanol–water partition coefficient (Wildman–Crippen LogP) is 12.9. The number of alkyl halides is 1. The Hall–Kier alpha value is -5.92. The number of aryl methyl sites for hydroxylation is 2. The van der Waals surface area contributed by atoms with Crippen LogP contribution >= 0.6 is 15.9 Å². The molecule has 0 heterocycles. The van der Waals surface area contributed by atoms with Crippen LogP contribution in [0.5, 0.6) is 34.5 Å². The van der Waals surface area contributed by atoms with Crippen LogP contribution in [0.1, 0.15) is 136 Å². The molecule has 2 N–H and O–H groups in total. The molecule has 13 heteroatoms.